The minimum atomic E-state index is 0.222. The maximum absolute atomic E-state index is 5.27. The summed E-state index contributed by atoms with van der Waals surface area (Å²) in [6.45, 7) is 6.45. The van der Waals surface area contributed by atoms with Gasteiger partial charge in [0, 0.05) is 0 Å². The Bertz CT molecular complexity index is 570. The van der Waals surface area contributed by atoms with Gasteiger partial charge in [0.1, 0.15) is 5.75 Å². The zero-order valence-corrected chi connectivity index (χ0v) is 13.4. The fraction of sp³-hybridized carbons (Fsp3) is 0.294. The molecule has 100 valence electrons. The molecule has 2 rings (SSSR count). The number of halogens is 1. The second-order valence-electron chi connectivity index (χ2n) is 4.89. The van der Waals surface area contributed by atoms with E-state index >= 15 is 0 Å². The molecular formula is C17H19BrO. The molecular weight excluding hydrogens is 300 g/mol. The van der Waals surface area contributed by atoms with Crippen molar-refractivity contribution in [2.75, 3.05) is 7.11 Å². The number of ether oxygens (including phenoxy) is 1. The molecule has 1 atom stereocenters. The van der Waals surface area contributed by atoms with Gasteiger partial charge in [0.15, 0.2) is 0 Å². The van der Waals surface area contributed by atoms with Crippen molar-refractivity contribution in [3.8, 4) is 5.75 Å². The highest BCUT2D eigenvalue weighted by Gasteiger charge is 2.17. The Morgan fingerprint density at radius 1 is 0.947 bits per heavy atom. The molecule has 2 aromatic rings. The Kier molecular flexibility index (Phi) is 4.31. The molecule has 0 saturated carbocycles. The van der Waals surface area contributed by atoms with E-state index in [1.807, 2.05) is 6.07 Å². The minimum Gasteiger partial charge on any atom is -0.497 e. The first-order valence-corrected chi connectivity index (χ1v) is 7.31. The zero-order chi connectivity index (χ0) is 14.0. The number of rotatable bonds is 3. The Morgan fingerprint density at radius 3 is 2.11 bits per heavy atom. The largest absolute Gasteiger partial charge is 0.497 e. The van der Waals surface area contributed by atoms with Gasteiger partial charge < -0.3 is 4.74 Å². The lowest BCUT2D eigenvalue weighted by atomic mass is 9.94. The van der Waals surface area contributed by atoms with E-state index in [4.69, 9.17) is 4.74 Å². The monoisotopic (exact) mass is 318 g/mol. The van der Waals surface area contributed by atoms with Crippen molar-refractivity contribution < 1.29 is 4.74 Å². The average molecular weight is 319 g/mol. The lowest BCUT2D eigenvalue weighted by molar-refractivity contribution is 0.414. The van der Waals surface area contributed by atoms with Crippen molar-refractivity contribution in [1.29, 1.82) is 0 Å². The number of aryl methyl sites for hydroxylation is 3. The van der Waals surface area contributed by atoms with Crippen LogP contribution in [0.1, 0.15) is 32.6 Å². The van der Waals surface area contributed by atoms with E-state index in [-0.39, 0.29) is 4.83 Å². The molecule has 2 aromatic carbocycles. The summed E-state index contributed by atoms with van der Waals surface area (Å²) in [4.78, 5) is 0.222. The Morgan fingerprint density at radius 2 is 1.58 bits per heavy atom. The quantitative estimate of drug-likeness (QED) is 0.715. The van der Waals surface area contributed by atoms with Crippen molar-refractivity contribution in [3.05, 3.63) is 64.2 Å². The average Bonchev–Trinajstić information content (AvgIpc) is 2.38. The maximum Gasteiger partial charge on any atom is 0.119 e. The molecule has 0 fully saturated rings. The number of hydrogen-bond acceptors (Lipinski definition) is 1. The van der Waals surface area contributed by atoms with Gasteiger partial charge in [0.2, 0.25) is 0 Å². The van der Waals surface area contributed by atoms with Gasteiger partial charge in [-0.05, 0) is 60.7 Å². The lowest BCUT2D eigenvalue weighted by Crippen LogP contribution is -2.01. The molecule has 0 aliphatic heterocycles. The summed E-state index contributed by atoms with van der Waals surface area (Å²) in [5, 5.41) is 0. The number of hydrogen-bond donors (Lipinski definition) is 0. The van der Waals surface area contributed by atoms with Gasteiger partial charge in [-0.2, -0.15) is 0 Å². The second kappa shape index (κ2) is 5.79. The third-order valence-electron chi connectivity index (χ3n) is 3.55. The summed E-state index contributed by atoms with van der Waals surface area (Å²) < 4.78 is 5.27. The molecule has 1 nitrogen and oxygen atoms in total. The highest BCUT2D eigenvalue weighted by Crippen LogP contribution is 2.37. The zero-order valence-electron chi connectivity index (χ0n) is 11.8. The molecule has 0 bridgehead atoms. The molecule has 0 radical (unpaired) electrons. The molecule has 2 heteroatoms. The highest BCUT2D eigenvalue weighted by atomic mass is 79.9. The predicted molar refractivity (Wildman–Crippen MR) is 84.4 cm³/mol. The van der Waals surface area contributed by atoms with Gasteiger partial charge >= 0.3 is 0 Å². The van der Waals surface area contributed by atoms with E-state index in [0.29, 0.717) is 0 Å². The van der Waals surface area contributed by atoms with E-state index in [1.54, 1.807) is 7.11 Å². The third kappa shape index (κ3) is 2.84. The Labute approximate surface area is 123 Å². The lowest BCUT2D eigenvalue weighted by Gasteiger charge is -2.19. The van der Waals surface area contributed by atoms with Gasteiger partial charge in [-0.25, -0.2) is 0 Å². The van der Waals surface area contributed by atoms with E-state index in [0.717, 1.165) is 5.75 Å². The molecule has 0 N–H and O–H groups in total. The first-order valence-electron chi connectivity index (χ1n) is 6.39. The van der Waals surface area contributed by atoms with Crippen molar-refractivity contribution >= 4 is 15.9 Å². The predicted octanol–water partition coefficient (Wildman–Crippen LogP) is 5.10. The summed E-state index contributed by atoms with van der Waals surface area (Å²) in [5.41, 5.74) is 6.52. The molecule has 0 amide bonds. The number of methoxy groups -OCH3 is 1. The van der Waals surface area contributed by atoms with Crippen LogP contribution in [0.4, 0.5) is 0 Å². The summed E-state index contributed by atoms with van der Waals surface area (Å²) in [6.07, 6.45) is 0. The van der Waals surface area contributed by atoms with Crippen LogP contribution < -0.4 is 4.74 Å². The van der Waals surface area contributed by atoms with Crippen LogP contribution in [0.5, 0.6) is 5.75 Å². The first kappa shape index (κ1) is 14.1. The fourth-order valence-electron chi connectivity index (χ4n) is 2.44. The SMILES string of the molecule is COc1ccc(C(Br)c2c(C)cccc2C)c(C)c1. The Hall–Kier alpha value is -1.28. The van der Waals surface area contributed by atoms with E-state index in [2.05, 4.69) is 67.0 Å². The van der Waals surface area contributed by atoms with Crippen LogP contribution in [-0.2, 0) is 0 Å². The van der Waals surface area contributed by atoms with Crippen molar-refractivity contribution in [3.63, 3.8) is 0 Å². The van der Waals surface area contributed by atoms with Crippen LogP contribution in [0.3, 0.4) is 0 Å². The van der Waals surface area contributed by atoms with E-state index < -0.39 is 0 Å². The molecule has 0 aliphatic carbocycles. The van der Waals surface area contributed by atoms with Crippen LogP contribution in [0.2, 0.25) is 0 Å². The van der Waals surface area contributed by atoms with Gasteiger partial charge in [-0.3, -0.25) is 0 Å². The minimum absolute atomic E-state index is 0.222. The van der Waals surface area contributed by atoms with Gasteiger partial charge in [0.25, 0.3) is 0 Å². The van der Waals surface area contributed by atoms with Gasteiger partial charge in [-0.15, -0.1) is 0 Å². The van der Waals surface area contributed by atoms with E-state index in [9.17, 15) is 0 Å². The van der Waals surface area contributed by atoms with Crippen LogP contribution in [0.25, 0.3) is 0 Å². The first-order chi connectivity index (χ1) is 9.04. The molecule has 0 aliphatic rings. The summed E-state index contributed by atoms with van der Waals surface area (Å²) >= 11 is 3.85. The van der Waals surface area contributed by atoms with Crippen LogP contribution >= 0.6 is 15.9 Å². The van der Waals surface area contributed by atoms with Crippen LogP contribution in [0.15, 0.2) is 36.4 Å². The summed E-state index contributed by atoms with van der Waals surface area (Å²) in [6, 6.07) is 12.7. The van der Waals surface area contributed by atoms with Crippen molar-refractivity contribution in [2.24, 2.45) is 0 Å². The molecule has 0 saturated heterocycles. The van der Waals surface area contributed by atoms with E-state index in [1.165, 1.54) is 27.8 Å². The molecule has 0 aromatic heterocycles. The highest BCUT2D eigenvalue weighted by molar-refractivity contribution is 9.09. The molecule has 19 heavy (non-hydrogen) atoms. The molecule has 1 unspecified atom stereocenters. The molecule has 0 heterocycles. The third-order valence-corrected chi connectivity index (χ3v) is 4.50. The van der Waals surface area contributed by atoms with Crippen molar-refractivity contribution in [1.82, 2.24) is 0 Å². The van der Waals surface area contributed by atoms with Crippen LogP contribution in [0, 0.1) is 20.8 Å². The van der Waals surface area contributed by atoms with Crippen molar-refractivity contribution in [2.45, 2.75) is 25.6 Å². The Balaban J connectivity index is 2.47. The summed E-state index contributed by atoms with van der Waals surface area (Å²) in [7, 11) is 1.70. The number of alkyl halides is 1. The van der Waals surface area contributed by atoms with Crippen LogP contribution in [-0.4, -0.2) is 7.11 Å². The topological polar surface area (TPSA) is 9.23 Å². The smallest absolute Gasteiger partial charge is 0.119 e. The standard InChI is InChI=1S/C17H19BrO/c1-11-6-5-7-12(2)16(11)17(18)15-9-8-14(19-4)10-13(15)3/h5-10,17H,1-4H3. The molecule has 0 spiro atoms. The maximum atomic E-state index is 5.27. The normalized spacial score (nSPS) is 12.3. The van der Waals surface area contributed by atoms with Gasteiger partial charge in [-0.1, -0.05) is 40.2 Å². The second-order valence-corrected chi connectivity index (χ2v) is 5.81. The summed E-state index contributed by atoms with van der Waals surface area (Å²) in [5.74, 6) is 0.905. The van der Waals surface area contributed by atoms with Gasteiger partial charge in [0.05, 0.1) is 11.9 Å². The fourth-order valence-corrected chi connectivity index (χ4v) is 3.68. The number of benzene rings is 2.